The fraction of sp³-hybridized carbons (Fsp3) is 0.952. The quantitative estimate of drug-likeness (QED) is 0.0428. The van der Waals surface area contributed by atoms with Crippen molar-refractivity contribution in [2.75, 3.05) is 13.2 Å². The van der Waals surface area contributed by atoms with E-state index in [-0.39, 0.29) is 11.8 Å². The van der Waals surface area contributed by atoms with Gasteiger partial charge in [0, 0.05) is 13.0 Å². The van der Waals surface area contributed by atoms with E-state index in [0.29, 0.717) is 19.4 Å². The van der Waals surface area contributed by atoms with Crippen LogP contribution in [0.1, 0.15) is 201 Å². The van der Waals surface area contributed by atoms with E-state index in [0.717, 1.165) is 38.5 Å². The Labute approximate surface area is 313 Å². The standard InChI is InChI=1S/C42H83N3O6/c1-5-7-9-11-13-15-16-17-18-19-20-21-23-25-27-29-31-45(37(47)30-28-26-24-22-14-12-10-8-6-2)42-38(40(49)39(48)36(33-46)51-42)44-41(50)35(43)32-34(3)4/h34-36,38-40,42,46,48-49H,5-33,43H2,1-4H3,(H,44,50)/t35-,36?,38?,39?,40?,42?/m0/s1. The maximum atomic E-state index is 13.8. The van der Waals surface area contributed by atoms with Crippen LogP contribution in [0.3, 0.4) is 0 Å². The number of aliphatic hydroxyl groups excluding tert-OH is 3. The summed E-state index contributed by atoms with van der Waals surface area (Å²) in [5, 5.41) is 34.7. The highest BCUT2D eigenvalue weighted by molar-refractivity contribution is 5.82. The number of carbonyl (C=O) groups excluding carboxylic acids is 2. The van der Waals surface area contributed by atoms with Gasteiger partial charge in [0.15, 0.2) is 6.23 Å². The lowest BCUT2D eigenvalue weighted by Crippen LogP contribution is -2.69. The third-order valence-corrected chi connectivity index (χ3v) is 10.6. The second kappa shape index (κ2) is 31.1. The summed E-state index contributed by atoms with van der Waals surface area (Å²) in [6.07, 6.45) is 26.4. The van der Waals surface area contributed by atoms with Crippen molar-refractivity contribution in [3.63, 3.8) is 0 Å². The van der Waals surface area contributed by atoms with Crippen molar-refractivity contribution in [2.45, 2.75) is 238 Å². The van der Waals surface area contributed by atoms with Crippen molar-refractivity contribution >= 4 is 11.8 Å². The number of nitrogens with two attached hydrogens (primary N) is 1. The van der Waals surface area contributed by atoms with Gasteiger partial charge in [0.1, 0.15) is 24.4 Å². The molecule has 0 aliphatic carbocycles. The van der Waals surface area contributed by atoms with Crippen LogP contribution < -0.4 is 11.1 Å². The van der Waals surface area contributed by atoms with Crippen LogP contribution in [0.2, 0.25) is 0 Å². The first-order valence-corrected chi connectivity index (χ1v) is 21.7. The van der Waals surface area contributed by atoms with Gasteiger partial charge >= 0.3 is 0 Å². The van der Waals surface area contributed by atoms with Gasteiger partial charge in [0.25, 0.3) is 0 Å². The fourth-order valence-corrected chi connectivity index (χ4v) is 7.36. The van der Waals surface area contributed by atoms with E-state index in [9.17, 15) is 24.9 Å². The Hall–Kier alpha value is -1.26. The summed E-state index contributed by atoms with van der Waals surface area (Å²) in [6, 6.07) is -1.86. The molecule has 302 valence electrons. The maximum Gasteiger partial charge on any atom is 0.237 e. The molecule has 51 heavy (non-hydrogen) atoms. The number of amides is 2. The van der Waals surface area contributed by atoms with Crippen molar-refractivity contribution < 1.29 is 29.6 Å². The number of nitrogens with one attached hydrogen (secondary N) is 1. The van der Waals surface area contributed by atoms with E-state index < -0.39 is 49.1 Å². The molecular formula is C42H83N3O6. The van der Waals surface area contributed by atoms with Gasteiger partial charge in [-0.15, -0.1) is 0 Å². The molecule has 1 aliphatic rings. The number of carbonyl (C=O) groups is 2. The Morgan fingerprint density at radius 2 is 1.08 bits per heavy atom. The molecule has 5 unspecified atom stereocenters. The van der Waals surface area contributed by atoms with Gasteiger partial charge < -0.3 is 36.0 Å². The summed E-state index contributed by atoms with van der Waals surface area (Å²) in [7, 11) is 0. The van der Waals surface area contributed by atoms with Gasteiger partial charge in [-0.25, -0.2) is 0 Å². The normalized spacial score (nSPS) is 21.2. The highest BCUT2D eigenvalue weighted by atomic mass is 16.5. The molecule has 1 fully saturated rings. The Bertz CT molecular complexity index is 845. The van der Waals surface area contributed by atoms with Gasteiger partial charge in [-0.3, -0.25) is 9.59 Å². The van der Waals surface area contributed by atoms with Crippen LogP contribution >= 0.6 is 0 Å². The minimum absolute atomic E-state index is 0.0880. The topological polar surface area (TPSA) is 145 Å². The second-order valence-electron chi connectivity index (χ2n) is 16.0. The summed E-state index contributed by atoms with van der Waals surface area (Å²) in [4.78, 5) is 28.6. The molecule has 0 saturated carbocycles. The average molecular weight is 726 g/mol. The Balaban J connectivity index is 2.71. The molecule has 9 nitrogen and oxygen atoms in total. The average Bonchev–Trinajstić information content (AvgIpc) is 3.11. The number of aliphatic hydroxyl groups is 3. The molecule has 2 amide bonds. The molecular weight excluding hydrogens is 642 g/mol. The second-order valence-corrected chi connectivity index (χ2v) is 16.0. The van der Waals surface area contributed by atoms with Gasteiger partial charge in [0.05, 0.1) is 12.6 Å². The first kappa shape index (κ1) is 47.8. The number of ether oxygens (including phenoxy) is 1. The Kier molecular flexibility index (Phi) is 29.1. The van der Waals surface area contributed by atoms with E-state index in [1.807, 2.05) is 13.8 Å². The summed E-state index contributed by atoms with van der Waals surface area (Å²) >= 11 is 0. The summed E-state index contributed by atoms with van der Waals surface area (Å²) in [6.45, 7) is 8.36. The molecule has 0 spiro atoms. The molecule has 1 aliphatic heterocycles. The summed E-state index contributed by atoms with van der Waals surface area (Å²) in [5.41, 5.74) is 6.17. The number of rotatable bonds is 33. The zero-order valence-electron chi connectivity index (χ0n) is 33.6. The smallest absolute Gasteiger partial charge is 0.237 e. The van der Waals surface area contributed by atoms with Gasteiger partial charge in [-0.05, 0) is 25.2 Å². The van der Waals surface area contributed by atoms with Gasteiger partial charge in [-0.1, -0.05) is 175 Å². The van der Waals surface area contributed by atoms with Crippen LogP contribution in [0.4, 0.5) is 0 Å². The van der Waals surface area contributed by atoms with Crippen LogP contribution in [-0.2, 0) is 14.3 Å². The van der Waals surface area contributed by atoms with Crippen LogP contribution in [0, 0.1) is 5.92 Å². The molecule has 0 bridgehead atoms. The molecule has 6 N–H and O–H groups in total. The lowest BCUT2D eigenvalue weighted by Gasteiger charge is -2.47. The minimum atomic E-state index is -1.43. The molecule has 9 heteroatoms. The highest BCUT2D eigenvalue weighted by Gasteiger charge is 2.48. The largest absolute Gasteiger partial charge is 0.394 e. The zero-order valence-corrected chi connectivity index (χ0v) is 33.6. The third-order valence-electron chi connectivity index (χ3n) is 10.6. The predicted octanol–water partition coefficient (Wildman–Crippen LogP) is 8.29. The molecule has 0 aromatic heterocycles. The highest BCUT2D eigenvalue weighted by Crippen LogP contribution is 2.26. The fourth-order valence-electron chi connectivity index (χ4n) is 7.36. The molecule has 6 atom stereocenters. The zero-order chi connectivity index (χ0) is 37.7. The minimum Gasteiger partial charge on any atom is -0.394 e. The van der Waals surface area contributed by atoms with E-state index in [4.69, 9.17) is 10.5 Å². The van der Waals surface area contributed by atoms with Crippen molar-refractivity contribution in [3.05, 3.63) is 0 Å². The predicted molar refractivity (Wildman–Crippen MR) is 210 cm³/mol. The summed E-state index contributed by atoms with van der Waals surface area (Å²) < 4.78 is 6.14. The van der Waals surface area contributed by atoms with Crippen LogP contribution in [0.5, 0.6) is 0 Å². The SMILES string of the molecule is CCCCCCCCCCCCCCCCCCN(C(=O)CCCCCCCCCCC)C1OC(CO)C(O)C(O)C1NC(=O)[C@@H](N)CC(C)C. The summed E-state index contributed by atoms with van der Waals surface area (Å²) in [5.74, 6) is -0.345. The molecule has 0 radical (unpaired) electrons. The van der Waals surface area contributed by atoms with Crippen LogP contribution in [0.25, 0.3) is 0 Å². The van der Waals surface area contributed by atoms with Gasteiger partial charge in [-0.2, -0.15) is 0 Å². The molecule has 1 rings (SSSR count). The van der Waals surface area contributed by atoms with Crippen molar-refractivity contribution in [2.24, 2.45) is 11.7 Å². The van der Waals surface area contributed by atoms with E-state index in [1.54, 1.807) is 4.90 Å². The third kappa shape index (κ3) is 21.9. The first-order chi connectivity index (χ1) is 24.7. The van der Waals surface area contributed by atoms with Crippen molar-refractivity contribution in [1.82, 2.24) is 10.2 Å². The number of nitrogens with zero attached hydrogens (tertiary/aromatic N) is 1. The maximum absolute atomic E-state index is 13.8. The lowest BCUT2D eigenvalue weighted by molar-refractivity contribution is -0.231. The van der Waals surface area contributed by atoms with E-state index in [2.05, 4.69) is 19.2 Å². The van der Waals surface area contributed by atoms with Crippen LogP contribution in [0.15, 0.2) is 0 Å². The Morgan fingerprint density at radius 3 is 1.49 bits per heavy atom. The Morgan fingerprint density at radius 1 is 0.667 bits per heavy atom. The number of unbranched alkanes of at least 4 members (excludes halogenated alkanes) is 23. The van der Waals surface area contributed by atoms with E-state index >= 15 is 0 Å². The van der Waals surface area contributed by atoms with E-state index in [1.165, 1.54) is 122 Å². The molecule has 0 aromatic rings. The first-order valence-electron chi connectivity index (χ1n) is 21.7. The molecule has 1 saturated heterocycles. The number of hydrogen-bond acceptors (Lipinski definition) is 7. The van der Waals surface area contributed by atoms with Crippen molar-refractivity contribution in [1.29, 1.82) is 0 Å². The lowest BCUT2D eigenvalue weighted by atomic mass is 9.94. The molecule has 1 heterocycles. The van der Waals surface area contributed by atoms with Crippen molar-refractivity contribution in [3.8, 4) is 0 Å². The van der Waals surface area contributed by atoms with Crippen LogP contribution in [-0.4, -0.2) is 81.8 Å². The number of hydrogen-bond donors (Lipinski definition) is 5. The molecule has 0 aromatic carbocycles. The van der Waals surface area contributed by atoms with Gasteiger partial charge in [0.2, 0.25) is 11.8 Å². The monoisotopic (exact) mass is 726 g/mol.